The number of phenols is 4. The summed E-state index contributed by atoms with van der Waals surface area (Å²) in [6.07, 6.45) is -6.17. The Bertz CT molecular complexity index is 1710. The van der Waals surface area contributed by atoms with Crippen molar-refractivity contribution in [2.45, 2.75) is 81.3 Å². The first-order valence-electron chi connectivity index (χ1n) is 13.8. The maximum Gasteiger partial charge on any atom is 0.224 e. The van der Waals surface area contributed by atoms with Gasteiger partial charge in [0, 0.05) is 40.0 Å². The molecule has 2 aromatic carbocycles. The molecule has 4 heterocycles. The number of ether oxygens (including phenoxy) is 4. The second-order valence-electron chi connectivity index (χ2n) is 12.2. The molecule has 12 heteroatoms. The number of hydrogen-bond donors (Lipinski definition) is 6. The van der Waals surface area contributed by atoms with E-state index in [4.69, 9.17) is 18.9 Å². The Morgan fingerprint density at radius 3 is 2.21 bits per heavy atom. The maximum atomic E-state index is 14.3. The minimum absolute atomic E-state index is 0.0149. The number of aliphatic hydroxyl groups excluding tert-OH is 1. The first-order chi connectivity index (χ1) is 19.7. The molecule has 2 aliphatic carbocycles. The highest BCUT2D eigenvalue weighted by atomic mass is 16.8. The van der Waals surface area contributed by atoms with Gasteiger partial charge in [0.15, 0.2) is 22.8 Å². The van der Waals surface area contributed by atoms with E-state index in [0.717, 1.165) is 18.2 Å². The monoisotopic (exact) mass is 580 g/mol. The summed E-state index contributed by atoms with van der Waals surface area (Å²) < 4.78 is 25.6. The normalized spacial score (nSPS) is 42.6. The van der Waals surface area contributed by atoms with Crippen LogP contribution in [-0.2, 0) is 30.3 Å². The molecule has 2 fully saturated rings. The van der Waals surface area contributed by atoms with Gasteiger partial charge in [-0.2, -0.15) is 0 Å². The Morgan fingerprint density at radius 2 is 1.50 bits per heavy atom. The van der Waals surface area contributed by atoms with Gasteiger partial charge in [0.2, 0.25) is 5.79 Å². The Morgan fingerprint density at radius 1 is 0.810 bits per heavy atom. The van der Waals surface area contributed by atoms with Gasteiger partial charge in [-0.05, 0) is 33.8 Å². The number of aromatic hydroxyl groups is 4. The lowest BCUT2D eigenvalue weighted by atomic mass is 9.52. The highest BCUT2D eigenvalue weighted by Crippen LogP contribution is 2.73. The number of rotatable bonds is 0. The van der Waals surface area contributed by atoms with Crippen molar-refractivity contribution in [3.05, 3.63) is 57.2 Å². The van der Waals surface area contributed by atoms with Gasteiger partial charge in [-0.25, -0.2) is 0 Å². The number of carbonyl (C=O) groups is 2. The van der Waals surface area contributed by atoms with Crippen molar-refractivity contribution in [3.63, 3.8) is 0 Å². The van der Waals surface area contributed by atoms with Crippen molar-refractivity contribution in [3.8, 4) is 23.0 Å². The molecule has 42 heavy (non-hydrogen) atoms. The van der Waals surface area contributed by atoms with Crippen molar-refractivity contribution in [1.29, 1.82) is 0 Å². The summed E-state index contributed by atoms with van der Waals surface area (Å²) in [6.45, 7) is 6.48. The summed E-state index contributed by atoms with van der Waals surface area (Å²) in [5.41, 5.74) is -6.14. The van der Waals surface area contributed by atoms with Crippen LogP contribution in [-0.4, -0.2) is 84.4 Å². The van der Waals surface area contributed by atoms with E-state index >= 15 is 0 Å². The van der Waals surface area contributed by atoms with E-state index in [0.29, 0.717) is 0 Å². The minimum Gasteiger partial charge on any atom is -0.508 e. The molecule has 8 rings (SSSR count). The van der Waals surface area contributed by atoms with Gasteiger partial charge >= 0.3 is 0 Å². The fraction of sp³-hybridized carbons (Fsp3) is 0.467. The van der Waals surface area contributed by atoms with Crippen LogP contribution in [0.25, 0.3) is 0 Å². The summed E-state index contributed by atoms with van der Waals surface area (Å²) in [7, 11) is 0. The molecule has 6 N–H and O–H groups in total. The van der Waals surface area contributed by atoms with Crippen LogP contribution in [0.5, 0.6) is 23.0 Å². The lowest BCUT2D eigenvalue weighted by molar-refractivity contribution is -0.274. The van der Waals surface area contributed by atoms with Gasteiger partial charge in [-0.1, -0.05) is 0 Å². The molecular formula is C30H28O12. The van der Waals surface area contributed by atoms with Crippen LogP contribution < -0.4 is 0 Å². The second-order valence-corrected chi connectivity index (χ2v) is 12.2. The van der Waals surface area contributed by atoms with E-state index < -0.39 is 94.1 Å². The van der Waals surface area contributed by atoms with Crippen molar-refractivity contribution in [2.75, 3.05) is 0 Å². The van der Waals surface area contributed by atoms with Crippen LogP contribution in [0.2, 0.25) is 0 Å². The van der Waals surface area contributed by atoms with E-state index in [1.165, 1.54) is 0 Å². The van der Waals surface area contributed by atoms with E-state index in [-0.39, 0.29) is 39.0 Å². The number of fused-ring (bicyclic) bond motifs is 3. The number of carbonyl (C=O) groups excluding carboxylic acids is 2. The minimum atomic E-state index is -2.54. The first kappa shape index (κ1) is 26.1. The lowest BCUT2D eigenvalue weighted by Gasteiger charge is -2.60. The number of phenolic OH excluding ortho intramolecular Hbond substituents is 4. The number of Topliss-reactive ketones (excluding diaryl/α,β-unsaturated/α-hetero) is 2. The Hall–Kier alpha value is -3.52. The van der Waals surface area contributed by atoms with Crippen LogP contribution >= 0.6 is 0 Å². The zero-order valence-corrected chi connectivity index (χ0v) is 22.9. The summed E-state index contributed by atoms with van der Waals surface area (Å²) in [5, 5.41) is 68.9. The molecule has 12 nitrogen and oxygen atoms in total. The smallest absolute Gasteiger partial charge is 0.224 e. The summed E-state index contributed by atoms with van der Waals surface area (Å²) >= 11 is 0. The van der Waals surface area contributed by atoms with E-state index in [1.54, 1.807) is 27.7 Å². The molecule has 0 amide bonds. The molecule has 2 spiro atoms. The van der Waals surface area contributed by atoms with Crippen LogP contribution in [0.15, 0.2) is 29.3 Å². The molecule has 0 saturated carbocycles. The lowest BCUT2D eigenvalue weighted by Crippen LogP contribution is -2.75. The third-order valence-corrected chi connectivity index (χ3v) is 10.1. The number of ketones is 2. The molecule has 2 bridgehead atoms. The molecular weight excluding hydrogens is 552 g/mol. The summed E-state index contributed by atoms with van der Waals surface area (Å²) in [5.74, 6) is -7.28. The van der Waals surface area contributed by atoms with Gasteiger partial charge in [-0.15, -0.1) is 0 Å². The molecule has 220 valence electrons. The van der Waals surface area contributed by atoms with E-state index in [1.807, 2.05) is 0 Å². The molecule has 0 aromatic heterocycles. The fourth-order valence-electron chi connectivity index (χ4n) is 8.71. The number of benzene rings is 2. The highest BCUT2D eigenvalue weighted by Gasteiger charge is 2.84. The first-order valence-corrected chi connectivity index (χ1v) is 13.8. The molecule has 6 aliphatic rings. The van der Waals surface area contributed by atoms with Crippen LogP contribution in [0.1, 0.15) is 65.1 Å². The van der Waals surface area contributed by atoms with Gasteiger partial charge in [-0.3, -0.25) is 9.59 Å². The third kappa shape index (κ3) is 2.47. The zero-order chi connectivity index (χ0) is 30.0. The van der Waals surface area contributed by atoms with Crippen LogP contribution in [0.3, 0.4) is 0 Å². The molecule has 10 unspecified atom stereocenters. The summed E-state index contributed by atoms with van der Waals surface area (Å²) in [4.78, 5) is 28.4. The van der Waals surface area contributed by atoms with Gasteiger partial charge in [0.1, 0.15) is 35.2 Å². The third-order valence-electron chi connectivity index (χ3n) is 10.1. The number of hydrogen-bond acceptors (Lipinski definition) is 12. The average Bonchev–Trinajstić information content (AvgIpc) is 3.21. The van der Waals surface area contributed by atoms with Gasteiger partial charge in [0.05, 0.1) is 41.5 Å². The van der Waals surface area contributed by atoms with E-state index in [2.05, 4.69) is 0 Å². The summed E-state index contributed by atoms with van der Waals surface area (Å²) in [6, 6.07) is 2.96. The van der Waals surface area contributed by atoms with Crippen molar-refractivity contribution in [2.24, 2.45) is 5.92 Å². The Kier molecular flexibility index (Phi) is 4.67. The zero-order valence-electron chi connectivity index (χ0n) is 22.9. The average molecular weight is 581 g/mol. The number of aliphatic hydroxyl groups is 2. The topological polar surface area (TPSA) is 192 Å². The molecule has 2 saturated heterocycles. The predicted molar refractivity (Wildman–Crippen MR) is 138 cm³/mol. The largest absolute Gasteiger partial charge is 0.508 e. The Labute approximate surface area is 238 Å². The van der Waals surface area contributed by atoms with Crippen molar-refractivity contribution >= 4 is 11.6 Å². The van der Waals surface area contributed by atoms with Crippen molar-refractivity contribution < 1.29 is 59.2 Å². The standard InChI is InChI=1S/C30H28O12/c1-8-17-23(24(35)10(3)39-8)30-22-19(25(17)36)15(33)7-16(34)21(22)28(38)13-5-12(31)6-14(32)18(13)26(37)20-9(2)40-11(4)27(41-30)29(20,28)42-30/h5-11,20,24,27,31-35,38H,1-4H3. The highest BCUT2D eigenvalue weighted by molar-refractivity contribution is 6.15. The predicted octanol–water partition coefficient (Wildman–Crippen LogP) is 1.35. The van der Waals surface area contributed by atoms with Gasteiger partial charge in [0.25, 0.3) is 0 Å². The van der Waals surface area contributed by atoms with Crippen LogP contribution in [0, 0.1) is 5.92 Å². The SMILES string of the molecule is CC1OC(C)C(O)C2=C1C(=O)c1c(O)cc(O)c3c1C21OC2C(C)OC(C)C4C(=O)c5c(O)cc(O)cc5C3(O)C24O1. The molecule has 0 radical (unpaired) electrons. The molecule has 4 aliphatic heterocycles. The van der Waals surface area contributed by atoms with Crippen LogP contribution in [0.4, 0.5) is 0 Å². The quantitative estimate of drug-likeness (QED) is 0.262. The van der Waals surface area contributed by atoms with Gasteiger partial charge < -0.3 is 49.6 Å². The fourth-order valence-corrected chi connectivity index (χ4v) is 8.71. The second kappa shape index (κ2) is 7.51. The van der Waals surface area contributed by atoms with E-state index in [9.17, 15) is 40.2 Å². The Balaban J connectivity index is 1.61. The molecule has 10 atom stereocenters. The molecule has 2 aromatic rings. The maximum absolute atomic E-state index is 14.3. The van der Waals surface area contributed by atoms with Crippen molar-refractivity contribution in [1.82, 2.24) is 0 Å².